The molecule has 1 atom stereocenters. The van der Waals surface area contributed by atoms with E-state index in [0.29, 0.717) is 0 Å². The van der Waals surface area contributed by atoms with Crippen LogP contribution in [-0.2, 0) is 13.0 Å². The van der Waals surface area contributed by atoms with Crippen LogP contribution in [0.2, 0.25) is 0 Å². The van der Waals surface area contributed by atoms with Crippen LogP contribution < -0.4 is 0 Å². The molecule has 3 rings (SSSR count). The monoisotopic (exact) mass is 265 g/mol. The summed E-state index contributed by atoms with van der Waals surface area (Å²) < 4.78 is 0. The number of likely N-dealkylation sites (tertiary alicyclic amines) is 1. The van der Waals surface area contributed by atoms with Gasteiger partial charge >= 0.3 is 0 Å². The average Bonchev–Trinajstić information content (AvgIpc) is 2.50. The van der Waals surface area contributed by atoms with Crippen LogP contribution in [0.25, 0.3) is 0 Å². The lowest BCUT2D eigenvalue weighted by atomic mass is 9.91. The molecule has 0 unspecified atom stereocenters. The Labute approximate surface area is 122 Å². The fourth-order valence-corrected chi connectivity index (χ4v) is 3.25. The Balaban J connectivity index is 1.57. The summed E-state index contributed by atoms with van der Waals surface area (Å²) in [4.78, 5) is 2.62. The molecule has 0 amide bonds. The highest BCUT2D eigenvalue weighted by atomic mass is 15.1. The minimum atomic E-state index is 0.815. The van der Waals surface area contributed by atoms with Crippen molar-refractivity contribution in [3.8, 4) is 0 Å². The third-order valence-electron chi connectivity index (χ3n) is 4.22. The molecule has 1 saturated heterocycles. The first-order valence-corrected chi connectivity index (χ1v) is 7.70. The highest BCUT2D eigenvalue weighted by Gasteiger charge is 2.20. The molecule has 104 valence electrons. The predicted octanol–water partition coefficient (Wildman–Crippen LogP) is 4.14. The molecule has 0 N–H and O–H groups in total. The minimum absolute atomic E-state index is 0.815. The van der Waals surface area contributed by atoms with Crippen LogP contribution in [0.4, 0.5) is 0 Å². The van der Waals surface area contributed by atoms with Gasteiger partial charge in [0.1, 0.15) is 0 Å². The van der Waals surface area contributed by atoms with E-state index in [1.54, 1.807) is 0 Å². The maximum Gasteiger partial charge on any atom is 0.0233 e. The lowest BCUT2D eigenvalue weighted by Crippen LogP contribution is -2.35. The summed E-state index contributed by atoms with van der Waals surface area (Å²) in [7, 11) is 0. The van der Waals surface area contributed by atoms with Gasteiger partial charge in [-0.3, -0.25) is 4.90 Å². The molecule has 0 aliphatic carbocycles. The van der Waals surface area contributed by atoms with Gasteiger partial charge in [-0.15, -0.1) is 0 Å². The third kappa shape index (κ3) is 3.71. The average molecular weight is 265 g/mol. The van der Waals surface area contributed by atoms with Gasteiger partial charge in [0.2, 0.25) is 0 Å². The normalized spacial score (nSPS) is 19.9. The molecule has 0 bridgehead atoms. The molecule has 1 fully saturated rings. The van der Waals surface area contributed by atoms with Gasteiger partial charge in [0.15, 0.2) is 0 Å². The second kappa shape index (κ2) is 6.71. The predicted molar refractivity (Wildman–Crippen MR) is 84.6 cm³/mol. The standard InChI is InChI=1S/C19H23N/c1-3-8-17(9-4-1)14-19-12-7-13-20(16-19)15-18-10-5-2-6-11-18/h1-6,8-11,19H,7,12-16H2/t19-/m1/s1. The molecule has 1 heteroatoms. The Hall–Kier alpha value is -1.60. The van der Waals surface area contributed by atoms with Crippen molar-refractivity contribution in [2.24, 2.45) is 5.92 Å². The molecule has 1 nitrogen and oxygen atoms in total. The van der Waals surface area contributed by atoms with Gasteiger partial charge in [0.25, 0.3) is 0 Å². The molecule has 1 heterocycles. The first-order chi connectivity index (χ1) is 9.90. The molecule has 0 aromatic heterocycles. The molecule has 2 aromatic carbocycles. The smallest absolute Gasteiger partial charge is 0.0233 e. The lowest BCUT2D eigenvalue weighted by Gasteiger charge is -2.33. The largest absolute Gasteiger partial charge is 0.299 e. The maximum atomic E-state index is 2.62. The minimum Gasteiger partial charge on any atom is -0.299 e. The lowest BCUT2D eigenvalue weighted by molar-refractivity contribution is 0.167. The van der Waals surface area contributed by atoms with Crippen molar-refractivity contribution in [3.05, 3.63) is 71.8 Å². The first-order valence-electron chi connectivity index (χ1n) is 7.70. The Morgan fingerprint density at radius 2 is 1.50 bits per heavy atom. The first kappa shape index (κ1) is 13.4. The fraction of sp³-hybridized carbons (Fsp3) is 0.368. The zero-order valence-electron chi connectivity index (χ0n) is 12.0. The number of benzene rings is 2. The highest BCUT2D eigenvalue weighted by molar-refractivity contribution is 5.16. The Morgan fingerprint density at radius 1 is 0.850 bits per heavy atom. The van der Waals surface area contributed by atoms with Crippen molar-refractivity contribution in [2.45, 2.75) is 25.8 Å². The summed E-state index contributed by atoms with van der Waals surface area (Å²) >= 11 is 0. The van der Waals surface area contributed by atoms with Crippen LogP contribution in [0.5, 0.6) is 0 Å². The number of hydrogen-bond acceptors (Lipinski definition) is 1. The van der Waals surface area contributed by atoms with Crippen LogP contribution in [0.1, 0.15) is 24.0 Å². The van der Waals surface area contributed by atoms with Crippen molar-refractivity contribution in [2.75, 3.05) is 13.1 Å². The SMILES string of the molecule is c1ccc(C[C@H]2CCCN(Cc3ccccc3)C2)cc1. The summed E-state index contributed by atoms with van der Waals surface area (Å²) in [6.45, 7) is 3.59. The van der Waals surface area contributed by atoms with E-state index >= 15 is 0 Å². The molecular formula is C19H23N. The van der Waals surface area contributed by atoms with E-state index < -0.39 is 0 Å². The van der Waals surface area contributed by atoms with Crippen LogP contribution >= 0.6 is 0 Å². The van der Waals surface area contributed by atoms with Gasteiger partial charge in [0.05, 0.1) is 0 Å². The van der Waals surface area contributed by atoms with E-state index in [1.807, 2.05) is 0 Å². The number of piperidine rings is 1. The molecule has 20 heavy (non-hydrogen) atoms. The summed E-state index contributed by atoms with van der Waals surface area (Å²) in [5.41, 5.74) is 2.92. The van der Waals surface area contributed by atoms with Gasteiger partial charge in [-0.2, -0.15) is 0 Å². The number of hydrogen-bond donors (Lipinski definition) is 0. The summed E-state index contributed by atoms with van der Waals surface area (Å²) in [6.07, 6.45) is 3.94. The van der Waals surface area contributed by atoms with Gasteiger partial charge in [-0.1, -0.05) is 60.7 Å². The Bertz CT molecular complexity index is 458. The summed E-state index contributed by atoms with van der Waals surface area (Å²) in [5.74, 6) is 0.815. The Kier molecular flexibility index (Phi) is 4.49. The van der Waals surface area contributed by atoms with Crippen LogP contribution in [0.15, 0.2) is 60.7 Å². The van der Waals surface area contributed by atoms with E-state index in [0.717, 1.165) is 12.5 Å². The molecule has 1 aliphatic rings. The molecular weight excluding hydrogens is 242 g/mol. The van der Waals surface area contributed by atoms with Gasteiger partial charge < -0.3 is 0 Å². The molecule has 0 spiro atoms. The van der Waals surface area contributed by atoms with Crippen molar-refractivity contribution in [3.63, 3.8) is 0 Å². The van der Waals surface area contributed by atoms with Crippen molar-refractivity contribution < 1.29 is 0 Å². The topological polar surface area (TPSA) is 3.24 Å². The molecule has 1 aliphatic heterocycles. The fourth-order valence-electron chi connectivity index (χ4n) is 3.25. The van der Waals surface area contributed by atoms with Crippen LogP contribution in [-0.4, -0.2) is 18.0 Å². The zero-order valence-corrected chi connectivity index (χ0v) is 12.0. The van der Waals surface area contributed by atoms with Crippen LogP contribution in [0, 0.1) is 5.92 Å². The molecule has 0 radical (unpaired) electrons. The van der Waals surface area contributed by atoms with E-state index in [1.165, 1.54) is 43.5 Å². The second-order valence-electron chi connectivity index (χ2n) is 5.92. The van der Waals surface area contributed by atoms with Gasteiger partial charge in [-0.05, 0) is 42.9 Å². The third-order valence-corrected chi connectivity index (χ3v) is 4.22. The van der Waals surface area contributed by atoms with E-state index in [2.05, 4.69) is 65.6 Å². The van der Waals surface area contributed by atoms with E-state index in [9.17, 15) is 0 Å². The maximum absolute atomic E-state index is 2.62. The van der Waals surface area contributed by atoms with Crippen molar-refractivity contribution in [1.29, 1.82) is 0 Å². The van der Waals surface area contributed by atoms with Gasteiger partial charge in [-0.25, -0.2) is 0 Å². The Morgan fingerprint density at radius 3 is 2.20 bits per heavy atom. The zero-order chi connectivity index (χ0) is 13.6. The number of nitrogens with zero attached hydrogens (tertiary/aromatic N) is 1. The number of rotatable bonds is 4. The molecule has 2 aromatic rings. The van der Waals surface area contributed by atoms with Crippen molar-refractivity contribution >= 4 is 0 Å². The second-order valence-corrected chi connectivity index (χ2v) is 5.92. The van der Waals surface area contributed by atoms with Crippen LogP contribution in [0.3, 0.4) is 0 Å². The summed E-state index contributed by atoms with van der Waals surface area (Å²) in [5, 5.41) is 0. The molecule has 0 saturated carbocycles. The van der Waals surface area contributed by atoms with E-state index in [-0.39, 0.29) is 0 Å². The highest BCUT2D eigenvalue weighted by Crippen LogP contribution is 2.22. The van der Waals surface area contributed by atoms with Crippen molar-refractivity contribution in [1.82, 2.24) is 4.90 Å². The summed E-state index contributed by atoms with van der Waals surface area (Å²) in [6, 6.07) is 21.8. The van der Waals surface area contributed by atoms with E-state index in [4.69, 9.17) is 0 Å². The quantitative estimate of drug-likeness (QED) is 0.803. The van der Waals surface area contributed by atoms with Gasteiger partial charge in [0, 0.05) is 13.1 Å².